The number of carbonyl (C=O) groups excluding carboxylic acids is 2. The fourth-order valence-corrected chi connectivity index (χ4v) is 3.49. The number of rotatable bonds is 2. The fraction of sp³-hybridized carbons (Fsp3) is 0.0500. The standard InChI is InChI=1S/C20H14ClN3O2S/c1-23-15(10-12-4-2-3-5-17(12)23)11-16-18(25)22-20(27)24(19(16)26)14-8-6-13(21)7-9-14/h2-11H,1H3,(H,22,25,27)/b16-11+. The molecule has 5 nitrogen and oxygen atoms in total. The lowest BCUT2D eigenvalue weighted by molar-refractivity contribution is -0.122. The van der Waals surface area contributed by atoms with Gasteiger partial charge in [0.05, 0.1) is 5.69 Å². The van der Waals surface area contributed by atoms with Crippen molar-refractivity contribution in [3.05, 3.63) is 70.9 Å². The smallest absolute Gasteiger partial charge is 0.270 e. The lowest BCUT2D eigenvalue weighted by atomic mass is 10.1. The summed E-state index contributed by atoms with van der Waals surface area (Å²) in [6, 6.07) is 16.5. The number of amides is 2. The van der Waals surface area contributed by atoms with Gasteiger partial charge in [0.2, 0.25) is 0 Å². The van der Waals surface area contributed by atoms with Crippen molar-refractivity contribution in [2.24, 2.45) is 7.05 Å². The molecular formula is C20H14ClN3O2S. The van der Waals surface area contributed by atoms with E-state index in [0.29, 0.717) is 10.7 Å². The highest BCUT2D eigenvalue weighted by atomic mass is 35.5. The van der Waals surface area contributed by atoms with Gasteiger partial charge >= 0.3 is 0 Å². The summed E-state index contributed by atoms with van der Waals surface area (Å²) in [5, 5.41) is 4.20. The molecule has 0 atom stereocenters. The van der Waals surface area contributed by atoms with Crippen molar-refractivity contribution in [2.45, 2.75) is 0 Å². The number of carbonyl (C=O) groups is 2. The number of halogens is 1. The van der Waals surface area contributed by atoms with E-state index in [1.807, 2.05) is 41.9 Å². The highest BCUT2D eigenvalue weighted by Crippen LogP contribution is 2.25. The Balaban J connectivity index is 1.78. The van der Waals surface area contributed by atoms with Crippen LogP contribution in [0.15, 0.2) is 60.2 Å². The molecule has 1 aliphatic rings. The van der Waals surface area contributed by atoms with Crippen LogP contribution in [0.2, 0.25) is 5.02 Å². The van der Waals surface area contributed by atoms with Crippen LogP contribution in [0.5, 0.6) is 0 Å². The zero-order valence-corrected chi connectivity index (χ0v) is 15.8. The molecule has 0 spiro atoms. The molecule has 1 aliphatic heterocycles. The van der Waals surface area contributed by atoms with Crippen LogP contribution in [0.3, 0.4) is 0 Å². The molecule has 7 heteroatoms. The Labute approximate surface area is 165 Å². The minimum atomic E-state index is -0.513. The number of para-hydroxylation sites is 1. The van der Waals surface area contributed by atoms with E-state index in [2.05, 4.69) is 5.32 Å². The van der Waals surface area contributed by atoms with Gasteiger partial charge in [-0.05, 0) is 54.7 Å². The summed E-state index contributed by atoms with van der Waals surface area (Å²) in [5.41, 5.74) is 2.32. The molecule has 1 fully saturated rings. The first-order valence-electron chi connectivity index (χ1n) is 8.17. The van der Waals surface area contributed by atoms with Gasteiger partial charge in [-0.1, -0.05) is 29.8 Å². The van der Waals surface area contributed by atoms with Crippen LogP contribution in [0.1, 0.15) is 5.69 Å². The minimum Gasteiger partial charge on any atom is -0.344 e. The second-order valence-electron chi connectivity index (χ2n) is 6.12. The van der Waals surface area contributed by atoms with Gasteiger partial charge in [-0.2, -0.15) is 0 Å². The third-order valence-electron chi connectivity index (χ3n) is 4.47. The molecule has 134 valence electrons. The Kier molecular flexibility index (Phi) is 4.30. The van der Waals surface area contributed by atoms with E-state index in [1.165, 1.54) is 4.90 Å². The second kappa shape index (κ2) is 6.64. The van der Waals surface area contributed by atoms with Gasteiger partial charge in [0, 0.05) is 28.7 Å². The number of aryl methyl sites for hydroxylation is 1. The monoisotopic (exact) mass is 395 g/mol. The maximum absolute atomic E-state index is 13.0. The van der Waals surface area contributed by atoms with E-state index in [1.54, 1.807) is 30.3 Å². The van der Waals surface area contributed by atoms with Crippen LogP contribution < -0.4 is 10.2 Å². The Bertz CT molecular complexity index is 1130. The number of aromatic nitrogens is 1. The minimum absolute atomic E-state index is 0.0180. The molecule has 1 aromatic heterocycles. The van der Waals surface area contributed by atoms with Crippen LogP contribution in [-0.2, 0) is 16.6 Å². The van der Waals surface area contributed by atoms with Crippen molar-refractivity contribution < 1.29 is 9.59 Å². The Hall–Kier alpha value is -2.96. The molecule has 0 aliphatic carbocycles. The highest BCUT2D eigenvalue weighted by Gasteiger charge is 2.34. The molecule has 0 radical (unpaired) electrons. The second-order valence-corrected chi connectivity index (χ2v) is 6.94. The summed E-state index contributed by atoms with van der Waals surface area (Å²) >= 11 is 11.1. The van der Waals surface area contributed by atoms with Gasteiger partial charge in [0.15, 0.2) is 5.11 Å². The average Bonchev–Trinajstić information content (AvgIpc) is 2.96. The van der Waals surface area contributed by atoms with Crippen molar-refractivity contribution in [2.75, 3.05) is 4.90 Å². The van der Waals surface area contributed by atoms with E-state index >= 15 is 0 Å². The van der Waals surface area contributed by atoms with E-state index in [4.69, 9.17) is 23.8 Å². The Morgan fingerprint density at radius 1 is 1.07 bits per heavy atom. The molecule has 2 heterocycles. The summed E-state index contributed by atoms with van der Waals surface area (Å²) in [7, 11) is 1.89. The number of fused-ring (bicyclic) bond motifs is 1. The summed E-state index contributed by atoms with van der Waals surface area (Å²) in [5.74, 6) is -0.989. The maximum atomic E-state index is 13.0. The van der Waals surface area contributed by atoms with E-state index in [9.17, 15) is 9.59 Å². The number of nitrogens with one attached hydrogen (secondary N) is 1. The van der Waals surface area contributed by atoms with Crippen LogP contribution in [0.4, 0.5) is 5.69 Å². The third-order valence-corrected chi connectivity index (χ3v) is 5.00. The van der Waals surface area contributed by atoms with E-state index in [0.717, 1.165) is 16.6 Å². The number of hydrogen-bond acceptors (Lipinski definition) is 3. The molecule has 0 saturated carbocycles. The number of benzene rings is 2. The van der Waals surface area contributed by atoms with Gasteiger partial charge in [-0.3, -0.25) is 19.8 Å². The fourth-order valence-electron chi connectivity index (χ4n) is 3.08. The van der Waals surface area contributed by atoms with Crippen LogP contribution in [-0.4, -0.2) is 21.5 Å². The number of anilines is 1. The lowest BCUT2D eigenvalue weighted by Gasteiger charge is -2.28. The predicted molar refractivity (Wildman–Crippen MR) is 111 cm³/mol. The summed E-state index contributed by atoms with van der Waals surface area (Å²) in [4.78, 5) is 26.8. The zero-order chi connectivity index (χ0) is 19.1. The van der Waals surface area contributed by atoms with Crippen molar-refractivity contribution >= 4 is 63.4 Å². The van der Waals surface area contributed by atoms with Crippen LogP contribution in [0, 0.1) is 0 Å². The first-order chi connectivity index (χ1) is 13.0. The first kappa shape index (κ1) is 17.5. The summed E-state index contributed by atoms with van der Waals surface area (Å²) in [6.45, 7) is 0. The Morgan fingerprint density at radius 3 is 2.48 bits per heavy atom. The number of thiocarbonyl (C=S) groups is 1. The molecule has 27 heavy (non-hydrogen) atoms. The van der Waals surface area contributed by atoms with Gasteiger partial charge in [-0.25, -0.2) is 0 Å². The van der Waals surface area contributed by atoms with Gasteiger partial charge in [-0.15, -0.1) is 0 Å². The topological polar surface area (TPSA) is 54.3 Å². The van der Waals surface area contributed by atoms with Gasteiger partial charge < -0.3 is 4.57 Å². The molecule has 0 bridgehead atoms. The van der Waals surface area contributed by atoms with Gasteiger partial charge in [0.25, 0.3) is 11.8 Å². The highest BCUT2D eigenvalue weighted by molar-refractivity contribution is 7.80. The Morgan fingerprint density at radius 2 is 1.78 bits per heavy atom. The molecule has 4 rings (SSSR count). The van der Waals surface area contributed by atoms with E-state index < -0.39 is 11.8 Å². The van der Waals surface area contributed by atoms with Crippen molar-refractivity contribution in [1.29, 1.82) is 0 Å². The van der Waals surface area contributed by atoms with Crippen LogP contribution in [0.25, 0.3) is 17.0 Å². The molecule has 2 aromatic carbocycles. The maximum Gasteiger partial charge on any atom is 0.270 e. The molecule has 2 amide bonds. The number of hydrogen-bond donors (Lipinski definition) is 1. The SMILES string of the molecule is Cn1c(/C=C2\C(=O)NC(=S)N(c3ccc(Cl)cc3)C2=O)cc2ccccc21. The largest absolute Gasteiger partial charge is 0.344 e. The first-order valence-corrected chi connectivity index (χ1v) is 8.96. The molecule has 1 saturated heterocycles. The zero-order valence-electron chi connectivity index (χ0n) is 14.3. The van der Waals surface area contributed by atoms with Crippen molar-refractivity contribution in [1.82, 2.24) is 9.88 Å². The van der Waals surface area contributed by atoms with Crippen molar-refractivity contribution in [3.63, 3.8) is 0 Å². The van der Waals surface area contributed by atoms with Gasteiger partial charge in [0.1, 0.15) is 5.57 Å². The normalized spacial score (nSPS) is 16.3. The quantitative estimate of drug-likeness (QED) is 0.409. The average molecular weight is 396 g/mol. The molecular weight excluding hydrogens is 382 g/mol. The van der Waals surface area contributed by atoms with Crippen molar-refractivity contribution in [3.8, 4) is 0 Å². The molecule has 1 N–H and O–H groups in total. The summed E-state index contributed by atoms with van der Waals surface area (Å²) in [6.07, 6.45) is 1.59. The predicted octanol–water partition coefficient (Wildman–Crippen LogP) is 3.66. The van der Waals surface area contributed by atoms with Crippen LogP contribution >= 0.6 is 23.8 Å². The molecule has 0 unspecified atom stereocenters. The lowest BCUT2D eigenvalue weighted by Crippen LogP contribution is -2.54. The number of nitrogens with zero attached hydrogens (tertiary/aromatic N) is 2. The third kappa shape index (κ3) is 3.03. The molecule has 3 aromatic rings. The van der Waals surface area contributed by atoms with E-state index in [-0.39, 0.29) is 10.7 Å². The summed E-state index contributed by atoms with van der Waals surface area (Å²) < 4.78 is 1.93.